The van der Waals surface area contributed by atoms with Gasteiger partial charge in [-0.15, -0.1) is 0 Å². The van der Waals surface area contributed by atoms with E-state index in [2.05, 4.69) is 151 Å². The Morgan fingerprint density at radius 2 is 1.12 bits per heavy atom. The third-order valence-corrected chi connectivity index (χ3v) is 8.18. The van der Waals surface area contributed by atoms with E-state index in [1.807, 2.05) is 18.5 Å². The van der Waals surface area contributed by atoms with Crippen molar-refractivity contribution in [2.45, 2.75) is 19.3 Å². The van der Waals surface area contributed by atoms with Crippen LogP contribution in [-0.2, 0) is 5.41 Å². The highest BCUT2D eigenvalue weighted by Gasteiger charge is 2.35. The van der Waals surface area contributed by atoms with E-state index in [1.165, 1.54) is 33.4 Å². The summed E-state index contributed by atoms with van der Waals surface area (Å²) < 4.78 is 0. The summed E-state index contributed by atoms with van der Waals surface area (Å²) in [5.74, 6) is 0. The van der Waals surface area contributed by atoms with Gasteiger partial charge in [-0.1, -0.05) is 111 Å². The van der Waals surface area contributed by atoms with E-state index < -0.39 is 0 Å². The highest BCUT2D eigenvalue weighted by Crippen LogP contribution is 2.51. The summed E-state index contributed by atoms with van der Waals surface area (Å²) in [6.07, 6.45) is 3.77. The van der Waals surface area contributed by atoms with E-state index in [4.69, 9.17) is 0 Å². The number of anilines is 3. The van der Waals surface area contributed by atoms with E-state index in [-0.39, 0.29) is 5.41 Å². The Labute approximate surface area is 236 Å². The van der Waals surface area contributed by atoms with Crippen LogP contribution in [0.1, 0.15) is 25.0 Å². The molecule has 0 aliphatic heterocycles. The van der Waals surface area contributed by atoms with Gasteiger partial charge in [-0.2, -0.15) is 0 Å². The SMILES string of the molecule is CC1(C)c2ccccc2-c2ccc(N(c3ccc(-c4ccccc4)cc3)c3ccccc3-c3cccnc3)cc21. The summed E-state index contributed by atoms with van der Waals surface area (Å²) in [6, 6.07) is 48.0. The van der Waals surface area contributed by atoms with Gasteiger partial charge in [-0.3, -0.25) is 4.98 Å². The van der Waals surface area contributed by atoms with Gasteiger partial charge in [0.05, 0.1) is 5.69 Å². The third kappa shape index (κ3) is 4.01. The summed E-state index contributed by atoms with van der Waals surface area (Å²) >= 11 is 0. The van der Waals surface area contributed by atoms with Crippen molar-refractivity contribution in [1.82, 2.24) is 4.98 Å². The van der Waals surface area contributed by atoms with Crippen LogP contribution in [-0.4, -0.2) is 4.98 Å². The average molecular weight is 515 g/mol. The lowest BCUT2D eigenvalue weighted by Crippen LogP contribution is -2.16. The summed E-state index contributed by atoms with van der Waals surface area (Å²) in [6.45, 7) is 4.67. The zero-order valence-corrected chi connectivity index (χ0v) is 22.8. The number of benzene rings is 5. The fraction of sp³-hybridized carbons (Fsp3) is 0.0789. The maximum atomic E-state index is 4.42. The molecule has 5 aromatic carbocycles. The summed E-state index contributed by atoms with van der Waals surface area (Å²) in [7, 11) is 0. The number of nitrogens with zero attached hydrogens (tertiary/aromatic N) is 2. The second kappa shape index (κ2) is 9.66. The van der Waals surface area contributed by atoms with Crippen LogP contribution in [0.25, 0.3) is 33.4 Å². The molecule has 0 saturated carbocycles. The Morgan fingerprint density at radius 3 is 1.90 bits per heavy atom. The molecule has 1 aliphatic rings. The quantitative estimate of drug-likeness (QED) is 0.227. The fourth-order valence-corrected chi connectivity index (χ4v) is 6.13. The standard InChI is InChI=1S/C38H30N2/c1-38(2)35-16-8-6-15-33(35)34-23-22-31(25-36(34)38)40(30-20-18-28(19-21-30)27-11-4-3-5-12-27)37-17-9-7-14-32(37)29-13-10-24-39-26-29/h3-26H,1-2H3. The molecule has 0 fully saturated rings. The number of rotatable bonds is 5. The van der Waals surface area contributed by atoms with Crippen LogP contribution < -0.4 is 4.90 Å². The molecule has 0 bridgehead atoms. The predicted octanol–water partition coefficient (Wildman–Crippen LogP) is 10.2. The molecular weight excluding hydrogens is 484 g/mol. The first-order chi connectivity index (χ1) is 19.6. The summed E-state index contributed by atoms with van der Waals surface area (Å²) in [4.78, 5) is 6.81. The lowest BCUT2D eigenvalue weighted by molar-refractivity contribution is 0.660. The zero-order chi connectivity index (χ0) is 27.1. The molecule has 1 heterocycles. The summed E-state index contributed by atoms with van der Waals surface area (Å²) in [5, 5.41) is 0. The second-order valence-corrected chi connectivity index (χ2v) is 10.9. The van der Waals surface area contributed by atoms with E-state index in [1.54, 1.807) is 0 Å². The molecule has 0 amide bonds. The van der Waals surface area contributed by atoms with Gasteiger partial charge in [-0.25, -0.2) is 0 Å². The van der Waals surface area contributed by atoms with E-state index in [9.17, 15) is 0 Å². The Bertz CT molecular complexity index is 1800. The molecule has 6 aromatic rings. The molecular formula is C38H30N2. The molecule has 0 unspecified atom stereocenters. The summed E-state index contributed by atoms with van der Waals surface area (Å²) in [5.41, 5.74) is 13.4. The molecule has 1 aliphatic carbocycles. The van der Waals surface area contributed by atoms with Crippen molar-refractivity contribution in [3.8, 4) is 33.4 Å². The van der Waals surface area contributed by atoms with Crippen molar-refractivity contribution in [2.75, 3.05) is 4.90 Å². The Morgan fingerprint density at radius 1 is 0.500 bits per heavy atom. The van der Waals surface area contributed by atoms with Gasteiger partial charge in [0.1, 0.15) is 0 Å². The minimum Gasteiger partial charge on any atom is -0.310 e. The van der Waals surface area contributed by atoms with Crippen molar-refractivity contribution in [3.63, 3.8) is 0 Å². The third-order valence-electron chi connectivity index (χ3n) is 8.18. The van der Waals surface area contributed by atoms with Crippen molar-refractivity contribution in [2.24, 2.45) is 0 Å². The monoisotopic (exact) mass is 514 g/mol. The lowest BCUT2D eigenvalue weighted by Gasteiger charge is -2.30. The van der Waals surface area contributed by atoms with E-state index in [0.29, 0.717) is 0 Å². The van der Waals surface area contributed by atoms with Crippen LogP contribution in [0.5, 0.6) is 0 Å². The largest absolute Gasteiger partial charge is 0.310 e. The molecule has 0 radical (unpaired) electrons. The molecule has 0 spiro atoms. The van der Waals surface area contributed by atoms with Gasteiger partial charge >= 0.3 is 0 Å². The Hall–Kier alpha value is -4.95. The van der Waals surface area contributed by atoms with Crippen LogP contribution in [0.3, 0.4) is 0 Å². The fourth-order valence-electron chi connectivity index (χ4n) is 6.13. The van der Waals surface area contributed by atoms with Crippen LogP contribution in [0.2, 0.25) is 0 Å². The van der Waals surface area contributed by atoms with Gasteiger partial charge in [0.15, 0.2) is 0 Å². The maximum absolute atomic E-state index is 4.42. The van der Waals surface area contributed by atoms with E-state index >= 15 is 0 Å². The molecule has 0 saturated heterocycles. The minimum atomic E-state index is -0.0758. The van der Waals surface area contributed by atoms with Gasteiger partial charge in [0.25, 0.3) is 0 Å². The molecule has 0 N–H and O–H groups in total. The number of hydrogen-bond acceptors (Lipinski definition) is 2. The number of pyridine rings is 1. The average Bonchev–Trinajstić information content (AvgIpc) is 3.25. The molecule has 2 nitrogen and oxygen atoms in total. The topological polar surface area (TPSA) is 16.1 Å². The van der Waals surface area contributed by atoms with Crippen molar-refractivity contribution < 1.29 is 0 Å². The van der Waals surface area contributed by atoms with Crippen LogP contribution in [0.4, 0.5) is 17.1 Å². The van der Waals surface area contributed by atoms with Gasteiger partial charge < -0.3 is 4.90 Å². The molecule has 192 valence electrons. The molecule has 40 heavy (non-hydrogen) atoms. The van der Waals surface area contributed by atoms with Gasteiger partial charge in [0, 0.05) is 40.3 Å². The highest BCUT2D eigenvalue weighted by atomic mass is 15.1. The molecule has 7 rings (SSSR count). The lowest BCUT2D eigenvalue weighted by atomic mass is 9.82. The first-order valence-electron chi connectivity index (χ1n) is 13.8. The smallest absolute Gasteiger partial charge is 0.0540 e. The maximum Gasteiger partial charge on any atom is 0.0540 e. The van der Waals surface area contributed by atoms with Crippen molar-refractivity contribution in [3.05, 3.63) is 157 Å². The second-order valence-electron chi connectivity index (χ2n) is 10.9. The van der Waals surface area contributed by atoms with Crippen molar-refractivity contribution in [1.29, 1.82) is 0 Å². The number of aromatic nitrogens is 1. The van der Waals surface area contributed by atoms with Crippen LogP contribution in [0.15, 0.2) is 146 Å². The molecule has 0 atom stereocenters. The Balaban J connectivity index is 1.41. The zero-order valence-electron chi connectivity index (χ0n) is 22.8. The first-order valence-corrected chi connectivity index (χ1v) is 13.8. The highest BCUT2D eigenvalue weighted by molar-refractivity contribution is 5.90. The van der Waals surface area contributed by atoms with Gasteiger partial charge in [0.2, 0.25) is 0 Å². The Kier molecular flexibility index (Phi) is 5.82. The normalized spacial score (nSPS) is 12.9. The van der Waals surface area contributed by atoms with Crippen LogP contribution in [0, 0.1) is 0 Å². The number of para-hydroxylation sites is 1. The first kappa shape index (κ1) is 24.1. The van der Waals surface area contributed by atoms with E-state index in [0.717, 1.165) is 28.2 Å². The predicted molar refractivity (Wildman–Crippen MR) is 167 cm³/mol. The number of fused-ring (bicyclic) bond motifs is 3. The van der Waals surface area contributed by atoms with Gasteiger partial charge in [-0.05, 0) is 69.8 Å². The molecule has 2 heteroatoms. The molecule has 1 aromatic heterocycles. The minimum absolute atomic E-state index is 0.0758. The number of hydrogen-bond donors (Lipinski definition) is 0. The van der Waals surface area contributed by atoms with Crippen LogP contribution >= 0.6 is 0 Å². The van der Waals surface area contributed by atoms with Crippen molar-refractivity contribution >= 4 is 17.1 Å².